The number of nitrogens with zero attached hydrogens (tertiary/aromatic N) is 1. The van der Waals surface area contributed by atoms with E-state index in [0.29, 0.717) is 0 Å². The van der Waals surface area contributed by atoms with Crippen LogP contribution in [0.3, 0.4) is 0 Å². The second kappa shape index (κ2) is 6.59. The molecule has 140 valence electrons. The average Bonchev–Trinajstić information content (AvgIpc) is 2.82. The molecule has 0 saturated carbocycles. The van der Waals surface area contributed by atoms with Crippen molar-refractivity contribution in [1.29, 1.82) is 0 Å². The van der Waals surface area contributed by atoms with E-state index in [9.17, 15) is 0 Å². The quantitative estimate of drug-likeness (QED) is 0.752. The predicted molar refractivity (Wildman–Crippen MR) is 109 cm³/mol. The van der Waals surface area contributed by atoms with Gasteiger partial charge in [0.15, 0.2) is 0 Å². The van der Waals surface area contributed by atoms with Crippen LogP contribution in [0, 0.1) is 0 Å². The van der Waals surface area contributed by atoms with Gasteiger partial charge in [0, 0.05) is 11.7 Å². The third-order valence-electron chi connectivity index (χ3n) is 6.05. The molecule has 1 saturated heterocycles. The second-order valence-electron chi connectivity index (χ2n) is 8.65. The lowest BCUT2D eigenvalue weighted by atomic mass is 9.90. The second-order valence-corrected chi connectivity index (χ2v) is 13.3. The normalized spacial score (nSPS) is 24.6. The molecular formula is C20H30BNO3Si. The fourth-order valence-electron chi connectivity index (χ4n) is 3.44. The van der Waals surface area contributed by atoms with Gasteiger partial charge in [0.1, 0.15) is 5.76 Å². The Balaban J connectivity index is 1.85. The lowest BCUT2D eigenvalue weighted by molar-refractivity contribution is 0.00578. The van der Waals surface area contributed by atoms with Crippen molar-refractivity contribution < 1.29 is 14.0 Å². The molecular weight excluding hydrogens is 341 g/mol. The summed E-state index contributed by atoms with van der Waals surface area (Å²) in [5.41, 5.74) is -0.447. The van der Waals surface area contributed by atoms with Crippen molar-refractivity contribution in [3.8, 4) is 0 Å². The maximum Gasteiger partial charge on any atom is 0.598 e. The summed E-state index contributed by atoms with van der Waals surface area (Å²) in [5.74, 6) is 0.961. The standard InChI is InChI=1S/C20H30BNO3Si/c1-19(2)20(3,4)25-21(24-19)22-14-13-18(17(15-22)23-5)26(6,7)16-11-9-8-10-12-16/h8-15,18H,1-7H3. The van der Waals surface area contributed by atoms with Gasteiger partial charge in [-0.1, -0.05) is 54.7 Å². The van der Waals surface area contributed by atoms with Crippen molar-refractivity contribution in [3.05, 3.63) is 54.6 Å². The number of allylic oxidation sites excluding steroid dienone is 1. The van der Waals surface area contributed by atoms with Crippen molar-refractivity contribution in [2.24, 2.45) is 0 Å². The summed E-state index contributed by atoms with van der Waals surface area (Å²) in [5, 5.41) is 1.42. The molecule has 2 aliphatic heterocycles. The minimum Gasteiger partial charge on any atom is -0.499 e. The first-order valence-corrected chi connectivity index (χ1v) is 12.3. The molecule has 2 aliphatic rings. The van der Waals surface area contributed by atoms with Gasteiger partial charge in [-0.05, 0) is 33.9 Å². The van der Waals surface area contributed by atoms with Gasteiger partial charge in [0.05, 0.1) is 26.4 Å². The molecule has 0 spiro atoms. The molecule has 4 nitrogen and oxygen atoms in total. The van der Waals surface area contributed by atoms with Crippen LogP contribution in [0.15, 0.2) is 54.6 Å². The van der Waals surface area contributed by atoms with E-state index in [1.165, 1.54) is 5.19 Å². The van der Waals surface area contributed by atoms with Gasteiger partial charge in [-0.25, -0.2) is 0 Å². The van der Waals surface area contributed by atoms with Gasteiger partial charge >= 0.3 is 7.25 Å². The minimum absolute atomic E-state index is 0.272. The van der Waals surface area contributed by atoms with Crippen LogP contribution in [0.4, 0.5) is 0 Å². The summed E-state index contributed by atoms with van der Waals surface area (Å²) in [7, 11) is -0.472. The van der Waals surface area contributed by atoms with Crippen molar-refractivity contribution in [1.82, 2.24) is 4.81 Å². The zero-order valence-electron chi connectivity index (χ0n) is 16.9. The fourth-order valence-corrected chi connectivity index (χ4v) is 6.32. The van der Waals surface area contributed by atoms with E-state index in [2.05, 4.69) is 83.4 Å². The molecule has 3 rings (SSSR count). The first-order valence-electron chi connectivity index (χ1n) is 9.21. The van der Waals surface area contributed by atoms with E-state index < -0.39 is 15.3 Å². The van der Waals surface area contributed by atoms with E-state index >= 15 is 0 Å². The van der Waals surface area contributed by atoms with Crippen LogP contribution in [0.5, 0.6) is 0 Å². The molecule has 1 fully saturated rings. The van der Waals surface area contributed by atoms with Crippen molar-refractivity contribution >= 4 is 20.5 Å². The van der Waals surface area contributed by atoms with Crippen LogP contribution in [-0.4, -0.2) is 38.5 Å². The average molecular weight is 371 g/mol. The number of rotatable bonds is 4. The highest BCUT2D eigenvalue weighted by Gasteiger charge is 2.54. The summed E-state index contributed by atoms with van der Waals surface area (Å²) < 4.78 is 18.1. The van der Waals surface area contributed by atoms with Crippen molar-refractivity contribution in [2.75, 3.05) is 7.11 Å². The number of hydrogen-bond donors (Lipinski definition) is 0. The molecule has 0 radical (unpaired) electrons. The summed E-state index contributed by atoms with van der Waals surface area (Å²) in [6.07, 6.45) is 6.35. The largest absolute Gasteiger partial charge is 0.598 e. The zero-order chi connectivity index (χ0) is 19.2. The Morgan fingerprint density at radius 2 is 1.62 bits per heavy atom. The fraction of sp³-hybridized carbons (Fsp3) is 0.500. The third-order valence-corrected chi connectivity index (χ3v) is 9.90. The van der Waals surface area contributed by atoms with Crippen LogP contribution < -0.4 is 5.19 Å². The minimum atomic E-state index is -1.78. The van der Waals surface area contributed by atoms with Crippen LogP contribution in [0.25, 0.3) is 0 Å². The van der Waals surface area contributed by atoms with Gasteiger partial charge in [0.2, 0.25) is 0 Å². The van der Waals surface area contributed by atoms with Gasteiger partial charge in [-0.15, -0.1) is 0 Å². The van der Waals surface area contributed by atoms with E-state index in [4.69, 9.17) is 14.0 Å². The Kier molecular flexibility index (Phi) is 4.88. The number of methoxy groups -OCH3 is 1. The summed E-state index contributed by atoms with van der Waals surface area (Å²) in [6.45, 7) is 13.0. The lowest BCUT2D eigenvalue weighted by Crippen LogP contribution is -2.48. The van der Waals surface area contributed by atoms with E-state index in [1.807, 2.05) is 11.0 Å². The molecule has 0 N–H and O–H groups in total. The summed E-state index contributed by atoms with van der Waals surface area (Å²) in [6, 6.07) is 10.8. The first kappa shape index (κ1) is 19.3. The van der Waals surface area contributed by atoms with E-state index in [-0.39, 0.29) is 16.7 Å². The Morgan fingerprint density at radius 3 is 2.15 bits per heavy atom. The van der Waals surface area contributed by atoms with Gasteiger partial charge < -0.3 is 18.9 Å². The van der Waals surface area contributed by atoms with Gasteiger partial charge in [0.25, 0.3) is 0 Å². The molecule has 0 aliphatic carbocycles. The SMILES string of the molecule is COC1=CN(B2OC(C)(C)C(C)(C)O2)C=CC1[Si](C)(C)c1ccccc1. The number of hydrogen-bond acceptors (Lipinski definition) is 4. The molecule has 26 heavy (non-hydrogen) atoms. The number of ether oxygens (including phenoxy) is 1. The predicted octanol–water partition coefficient (Wildman–Crippen LogP) is 3.88. The molecule has 1 aromatic carbocycles. The van der Waals surface area contributed by atoms with Crippen LogP contribution in [-0.2, 0) is 14.0 Å². The van der Waals surface area contributed by atoms with Gasteiger partial charge in [-0.2, -0.15) is 0 Å². The van der Waals surface area contributed by atoms with Gasteiger partial charge in [-0.3, -0.25) is 0 Å². The zero-order valence-corrected chi connectivity index (χ0v) is 17.9. The molecule has 0 aromatic heterocycles. The van der Waals surface area contributed by atoms with Crippen LogP contribution in [0.2, 0.25) is 18.6 Å². The highest BCUT2D eigenvalue weighted by molar-refractivity contribution is 6.91. The molecule has 1 unspecified atom stereocenters. The lowest BCUT2D eigenvalue weighted by Gasteiger charge is -2.36. The third kappa shape index (κ3) is 3.26. The molecule has 1 aromatic rings. The Morgan fingerprint density at radius 1 is 1.04 bits per heavy atom. The first-order chi connectivity index (χ1) is 12.1. The summed E-state index contributed by atoms with van der Waals surface area (Å²) in [4.78, 5) is 1.97. The highest BCUT2D eigenvalue weighted by atomic mass is 28.3. The molecule has 6 heteroatoms. The van der Waals surface area contributed by atoms with Crippen LogP contribution in [0.1, 0.15) is 27.7 Å². The molecule has 2 heterocycles. The Bertz CT molecular complexity index is 699. The van der Waals surface area contributed by atoms with E-state index in [1.54, 1.807) is 7.11 Å². The molecule has 0 bridgehead atoms. The summed E-state index contributed by atoms with van der Waals surface area (Å²) >= 11 is 0. The van der Waals surface area contributed by atoms with Crippen LogP contribution >= 0.6 is 0 Å². The van der Waals surface area contributed by atoms with Crippen molar-refractivity contribution in [3.63, 3.8) is 0 Å². The molecule has 1 atom stereocenters. The maximum absolute atomic E-state index is 6.17. The van der Waals surface area contributed by atoms with Crippen molar-refractivity contribution in [2.45, 2.75) is 57.5 Å². The highest BCUT2D eigenvalue weighted by Crippen LogP contribution is 2.40. The van der Waals surface area contributed by atoms with E-state index in [0.717, 1.165) is 5.76 Å². The Hall–Kier alpha value is -1.50. The number of benzene rings is 1. The topological polar surface area (TPSA) is 30.9 Å². The molecule has 0 amide bonds. The maximum atomic E-state index is 6.17. The monoisotopic (exact) mass is 371 g/mol. The Labute approximate surface area is 159 Å². The smallest absolute Gasteiger partial charge is 0.499 e.